The van der Waals surface area contributed by atoms with Gasteiger partial charge in [-0.05, 0) is 51.7 Å². The molecule has 1 aromatic heterocycles. The number of benzene rings is 1. The SMILES string of the molecule is CCN(CC(=O)O)C(=O)c1nn(-c2ccc(C)cc2)c2c1CCCC2. The number of carbonyl (C=O) groups excluding carboxylic acids is 1. The molecule has 6 heteroatoms. The Kier molecular flexibility index (Phi) is 4.88. The first-order valence-electron chi connectivity index (χ1n) is 8.70. The topological polar surface area (TPSA) is 75.4 Å². The van der Waals surface area contributed by atoms with Crippen molar-refractivity contribution in [2.75, 3.05) is 13.1 Å². The van der Waals surface area contributed by atoms with Crippen molar-refractivity contribution in [3.8, 4) is 5.69 Å². The van der Waals surface area contributed by atoms with E-state index in [0.29, 0.717) is 12.2 Å². The van der Waals surface area contributed by atoms with Gasteiger partial charge in [-0.15, -0.1) is 0 Å². The van der Waals surface area contributed by atoms with Crippen molar-refractivity contribution in [1.29, 1.82) is 0 Å². The van der Waals surface area contributed by atoms with E-state index in [2.05, 4.69) is 5.10 Å². The van der Waals surface area contributed by atoms with E-state index in [4.69, 9.17) is 5.11 Å². The molecule has 0 spiro atoms. The summed E-state index contributed by atoms with van der Waals surface area (Å²) in [6, 6.07) is 8.05. The Bertz CT molecular complexity index is 793. The molecule has 1 aliphatic carbocycles. The lowest BCUT2D eigenvalue weighted by atomic mass is 9.95. The van der Waals surface area contributed by atoms with Crippen LogP contribution in [-0.2, 0) is 17.6 Å². The van der Waals surface area contributed by atoms with Crippen LogP contribution in [0, 0.1) is 6.92 Å². The number of likely N-dealkylation sites (N-methyl/N-ethyl adjacent to an activating group) is 1. The van der Waals surface area contributed by atoms with E-state index in [0.717, 1.165) is 42.6 Å². The molecule has 0 bridgehead atoms. The third-order valence-corrected chi connectivity index (χ3v) is 4.66. The maximum atomic E-state index is 12.9. The summed E-state index contributed by atoms with van der Waals surface area (Å²) in [6.45, 7) is 3.85. The van der Waals surface area contributed by atoms with Crippen LogP contribution in [0.1, 0.15) is 47.1 Å². The second-order valence-electron chi connectivity index (χ2n) is 6.44. The van der Waals surface area contributed by atoms with E-state index in [1.165, 1.54) is 10.5 Å². The third kappa shape index (κ3) is 3.43. The lowest BCUT2D eigenvalue weighted by molar-refractivity contribution is -0.137. The Morgan fingerprint density at radius 3 is 2.52 bits per heavy atom. The Hall–Kier alpha value is -2.63. The van der Waals surface area contributed by atoms with Gasteiger partial charge in [0.15, 0.2) is 5.69 Å². The maximum absolute atomic E-state index is 12.9. The fourth-order valence-corrected chi connectivity index (χ4v) is 3.31. The number of fused-ring (bicyclic) bond motifs is 1. The molecule has 1 aromatic carbocycles. The number of hydrogen-bond acceptors (Lipinski definition) is 3. The van der Waals surface area contributed by atoms with Crippen molar-refractivity contribution >= 4 is 11.9 Å². The van der Waals surface area contributed by atoms with Crippen LogP contribution >= 0.6 is 0 Å². The van der Waals surface area contributed by atoms with Gasteiger partial charge < -0.3 is 10.0 Å². The lowest BCUT2D eigenvalue weighted by Crippen LogP contribution is -2.36. The summed E-state index contributed by atoms with van der Waals surface area (Å²) in [7, 11) is 0. The molecule has 3 rings (SSSR count). The largest absolute Gasteiger partial charge is 0.480 e. The van der Waals surface area contributed by atoms with Gasteiger partial charge in [-0.3, -0.25) is 9.59 Å². The average molecular weight is 341 g/mol. The number of carboxylic acids is 1. The van der Waals surface area contributed by atoms with E-state index < -0.39 is 5.97 Å². The molecular weight excluding hydrogens is 318 g/mol. The molecule has 1 heterocycles. The monoisotopic (exact) mass is 341 g/mol. The second-order valence-corrected chi connectivity index (χ2v) is 6.44. The minimum atomic E-state index is -1.01. The highest BCUT2D eigenvalue weighted by Crippen LogP contribution is 2.28. The summed E-state index contributed by atoms with van der Waals surface area (Å²) in [6.07, 6.45) is 3.80. The Balaban J connectivity index is 2.04. The Morgan fingerprint density at radius 1 is 1.20 bits per heavy atom. The summed E-state index contributed by atoms with van der Waals surface area (Å²) in [5, 5.41) is 13.6. The van der Waals surface area contributed by atoms with Crippen LogP contribution in [0.25, 0.3) is 5.69 Å². The first kappa shape index (κ1) is 17.2. The predicted molar refractivity (Wildman–Crippen MR) is 94.2 cm³/mol. The summed E-state index contributed by atoms with van der Waals surface area (Å²) < 4.78 is 1.86. The van der Waals surface area contributed by atoms with Crippen molar-refractivity contribution in [2.45, 2.75) is 39.5 Å². The number of rotatable bonds is 5. The first-order valence-corrected chi connectivity index (χ1v) is 8.70. The van der Waals surface area contributed by atoms with Crippen LogP contribution in [-0.4, -0.2) is 44.8 Å². The Labute approximate surface area is 147 Å². The molecule has 132 valence electrons. The van der Waals surface area contributed by atoms with Crippen LogP contribution < -0.4 is 0 Å². The molecular formula is C19H23N3O3. The number of hydrogen-bond donors (Lipinski definition) is 1. The van der Waals surface area contributed by atoms with Gasteiger partial charge in [0, 0.05) is 17.8 Å². The van der Waals surface area contributed by atoms with E-state index in [-0.39, 0.29) is 12.5 Å². The summed E-state index contributed by atoms with van der Waals surface area (Å²) in [5.74, 6) is -1.31. The molecule has 0 unspecified atom stereocenters. The van der Waals surface area contributed by atoms with Crippen molar-refractivity contribution in [3.63, 3.8) is 0 Å². The van der Waals surface area contributed by atoms with Gasteiger partial charge in [-0.1, -0.05) is 17.7 Å². The molecule has 0 fully saturated rings. The van der Waals surface area contributed by atoms with Crippen molar-refractivity contribution in [1.82, 2.24) is 14.7 Å². The molecule has 0 radical (unpaired) electrons. The molecule has 1 N–H and O–H groups in total. The molecule has 1 aliphatic rings. The third-order valence-electron chi connectivity index (χ3n) is 4.66. The van der Waals surface area contributed by atoms with Crippen LogP contribution in [0.4, 0.5) is 0 Å². The minimum absolute atomic E-state index is 0.297. The zero-order chi connectivity index (χ0) is 18.0. The minimum Gasteiger partial charge on any atom is -0.480 e. The highest BCUT2D eigenvalue weighted by atomic mass is 16.4. The standard InChI is InChI=1S/C19H23N3O3/c1-3-21(12-17(23)24)19(25)18-15-6-4-5-7-16(15)22(20-18)14-10-8-13(2)9-11-14/h8-11H,3-7,12H2,1-2H3,(H,23,24). The summed E-state index contributed by atoms with van der Waals surface area (Å²) in [4.78, 5) is 25.2. The van der Waals surface area contributed by atoms with Gasteiger partial charge in [0.2, 0.25) is 0 Å². The highest BCUT2D eigenvalue weighted by molar-refractivity contribution is 5.95. The van der Waals surface area contributed by atoms with Gasteiger partial charge in [0.25, 0.3) is 5.91 Å². The number of carboxylic acid groups (broad SMARTS) is 1. The lowest BCUT2D eigenvalue weighted by Gasteiger charge is -2.18. The predicted octanol–water partition coefficient (Wildman–Crippen LogP) is 2.61. The summed E-state index contributed by atoms with van der Waals surface area (Å²) >= 11 is 0. The maximum Gasteiger partial charge on any atom is 0.323 e. The average Bonchev–Trinajstić information content (AvgIpc) is 2.99. The number of nitrogens with zero attached hydrogens (tertiary/aromatic N) is 3. The molecule has 1 amide bonds. The van der Waals surface area contributed by atoms with Gasteiger partial charge in [-0.2, -0.15) is 5.10 Å². The normalized spacial score (nSPS) is 13.4. The molecule has 2 aromatic rings. The van der Waals surface area contributed by atoms with Gasteiger partial charge in [-0.25, -0.2) is 4.68 Å². The summed E-state index contributed by atoms with van der Waals surface area (Å²) in [5.41, 5.74) is 4.55. The Morgan fingerprint density at radius 2 is 1.88 bits per heavy atom. The van der Waals surface area contributed by atoms with Crippen molar-refractivity contribution < 1.29 is 14.7 Å². The van der Waals surface area contributed by atoms with Crippen LogP contribution in [0.15, 0.2) is 24.3 Å². The van der Waals surface area contributed by atoms with Crippen molar-refractivity contribution in [3.05, 3.63) is 46.8 Å². The smallest absolute Gasteiger partial charge is 0.323 e. The molecule has 6 nitrogen and oxygen atoms in total. The van der Waals surface area contributed by atoms with E-state index >= 15 is 0 Å². The van der Waals surface area contributed by atoms with Crippen LogP contribution in [0.3, 0.4) is 0 Å². The molecule has 0 atom stereocenters. The highest BCUT2D eigenvalue weighted by Gasteiger charge is 2.28. The number of aryl methyl sites for hydroxylation is 1. The number of aliphatic carboxylic acids is 1. The second kappa shape index (κ2) is 7.09. The quantitative estimate of drug-likeness (QED) is 0.907. The van der Waals surface area contributed by atoms with Gasteiger partial charge in [0.05, 0.1) is 5.69 Å². The first-order chi connectivity index (χ1) is 12.0. The molecule has 0 saturated heterocycles. The fraction of sp³-hybridized carbons (Fsp3) is 0.421. The number of amides is 1. The molecule has 0 aliphatic heterocycles. The van der Waals surface area contributed by atoms with Gasteiger partial charge >= 0.3 is 5.97 Å². The van der Waals surface area contributed by atoms with Crippen LogP contribution in [0.2, 0.25) is 0 Å². The van der Waals surface area contributed by atoms with Gasteiger partial charge in [0.1, 0.15) is 6.54 Å². The molecule has 25 heavy (non-hydrogen) atoms. The van der Waals surface area contributed by atoms with Crippen LogP contribution in [0.5, 0.6) is 0 Å². The fourth-order valence-electron chi connectivity index (χ4n) is 3.31. The number of carbonyl (C=O) groups is 2. The number of aromatic nitrogens is 2. The van der Waals surface area contributed by atoms with E-state index in [1.54, 1.807) is 6.92 Å². The van der Waals surface area contributed by atoms with E-state index in [1.807, 2.05) is 35.9 Å². The van der Waals surface area contributed by atoms with E-state index in [9.17, 15) is 9.59 Å². The van der Waals surface area contributed by atoms with Crippen molar-refractivity contribution in [2.24, 2.45) is 0 Å². The zero-order valence-corrected chi connectivity index (χ0v) is 14.7. The zero-order valence-electron chi connectivity index (χ0n) is 14.7. The molecule has 0 saturated carbocycles.